The highest BCUT2D eigenvalue weighted by atomic mass is 16.2. The zero-order valence-electron chi connectivity index (χ0n) is 9.00. The Morgan fingerprint density at radius 2 is 1.79 bits per heavy atom. The summed E-state index contributed by atoms with van der Waals surface area (Å²) in [6.07, 6.45) is 0. The van der Waals surface area contributed by atoms with Gasteiger partial charge in [-0.05, 0) is 12.1 Å². The Morgan fingerprint density at radius 1 is 1.21 bits per heavy atom. The minimum Gasteiger partial charge on any atom is -0.287 e. The normalized spacial score (nSPS) is 8.50. The molecule has 0 radical (unpaired) electrons. The third-order valence-electron chi connectivity index (χ3n) is 1.41. The lowest BCUT2D eigenvalue weighted by Gasteiger charge is -2.03. The van der Waals surface area contributed by atoms with Crippen molar-refractivity contribution in [1.82, 2.24) is 10.9 Å². The lowest BCUT2D eigenvalue weighted by molar-refractivity contribution is 0.0934. The average molecular weight is 194 g/mol. The number of amides is 1. The molecule has 0 aromatic heterocycles. The molecule has 0 unspecified atom stereocenters. The molecule has 1 aromatic carbocycles. The monoisotopic (exact) mass is 194 g/mol. The van der Waals surface area contributed by atoms with E-state index in [-0.39, 0.29) is 5.91 Å². The summed E-state index contributed by atoms with van der Waals surface area (Å²) >= 11 is 0. The lowest BCUT2D eigenvalue weighted by atomic mass is 10.2. The van der Waals surface area contributed by atoms with Crippen molar-refractivity contribution >= 4 is 5.91 Å². The predicted molar refractivity (Wildman–Crippen MR) is 58.9 cm³/mol. The zero-order chi connectivity index (χ0) is 10.8. The van der Waals surface area contributed by atoms with Gasteiger partial charge >= 0.3 is 0 Å². The second-order valence-electron chi connectivity index (χ2n) is 2.35. The quantitative estimate of drug-likeness (QED) is 0.722. The number of benzene rings is 1. The van der Waals surface area contributed by atoms with E-state index in [1.165, 1.54) is 0 Å². The van der Waals surface area contributed by atoms with Gasteiger partial charge < -0.3 is 0 Å². The van der Waals surface area contributed by atoms with Crippen molar-refractivity contribution in [2.24, 2.45) is 0 Å². The molecule has 0 atom stereocenters. The molecule has 0 fully saturated rings. The van der Waals surface area contributed by atoms with E-state index in [1.54, 1.807) is 12.1 Å². The lowest BCUT2D eigenvalue weighted by Crippen LogP contribution is -2.36. The fraction of sp³-hybridized carbons (Fsp3) is 0.364. The van der Waals surface area contributed by atoms with Crippen LogP contribution in [-0.4, -0.2) is 12.5 Å². The molecular weight excluding hydrogens is 176 g/mol. The summed E-state index contributed by atoms with van der Waals surface area (Å²) in [5, 5.41) is 0. The molecule has 0 aliphatic carbocycles. The van der Waals surface area contributed by atoms with Gasteiger partial charge in [-0.1, -0.05) is 39.0 Å². The van der Waals surface area contributed by atoms with Crippen LogP contribution in [0.15, 0.2) is 30.3 Å². The molecule has 0 heterocycles. The summed E-state index contributed by atoms with van der Waals surface area (Å²) in [4.78, 5) is 11.2. The first-order chi connectivity index (χ1) is 6.84. The van der Waals surface area contributed by atoms with Crippen LogP contribution in [0.25, 0.3) is 0 Å². The molecule has 0 saturated heterocycles. The molecular formula is C11H18N2O. The summed E-state index contributed by atoms with van der Waals surface area (Å²) in [7, 11) is 0. The third kappa shape index (κ3) is 4.62. The molecule has 0 aliphatic heterocycles. The van der Waals surface area contributed by atoms with Gasteiger partial charge in [0.25, 0.3) is 5.91 Å². The Morgan fingerprint density at radius 3 is 2.29 bits per heavy atom. The molecule has 0 spiro atoms. The van der Waals surface area contributed by atoms with E-state index in [1.807, 2.05) is 39.0 Å². The minimum atomic E-state index is -0.0996. The number of carbonyl (C=O) groups excluding carboxylic acids is 1. The highest BCUT2D eigenvalue weighted by molar-refractivity contribution is 5.93. The van der Waals surface area contributed by atoms with Crippen molar-refractivity contribution in [3.63, 3.8) is 0 Å². The topological polar surface area (TPSA) is 41.1 Å². The van der Waals surface area contributed by atoms with E-state index in [0.29, 0.717) is 5.56 Å². The maximum absolute atomic E-state index is 11.2. The number of hydrogen-bond acceptors (Lipinski definition) is 2. The maximum Gasteiger partial charge on any atom is 0.265 e. The highest BCUT2D eigenvalue weighted by Gasteiger charge is 2.00. The van der Waals surface area contributed by atoms with Crippen LogP contribution in [0, 0.1) is 0 Å². The molecule has 0 aliphatic rings. The third-order valence-corrected chi connectivity index (χ3v) is 1.41. The zero-order valence-corrected chi connectivity index (χ0v) is 9.00. The molecule has 0 saturated carbocycles. The second-order valence-corrected chi connectivity index (χ2v) is 2.35. The maximum atomic E-state index is 11.2. The van der Waals surface area contributed by atoms with Crippen molar-refractivity contribution in [2.45, 2.75) is 20.8 Å². The minimum absolute atomic E-state index is 0.0996. The summed E-state index contributed by atoms with van der Waals surface area (Å²) in [6, 6.07) is 9.09. The molecule has 2 N–H and O–H groups in total. The number of nitrogens with one attached hydrogen (secondary N) is 2. The SMILES string of the molecule is CC.CCNNC(=O)c1ccccc1. The number of rotatable bonds is 3. The van der Waals surface area contributed by atoms with E-state index >= 15 is 0 Å². The smallest absolute Gasteiger partial charge is 0.265 e. The van der Waals surface area contributed by atoms with E-state index in [0.717, 1.165) is 6.54 Å². The van der Waals surface area contributed by atoms with Gasteiger partial charge in [0.2, 0.25) is 0 Å². The number of carbonyl (C=O) groups is 1. The van der Waals surface area contributed by atoms with Crippen LogP contribution in [0.2, 0.25) is 0 Å². The van der Waals surface area contributed by atoms with Gasteiger partial charge in [0.1, 0.15) is 0 Å². The van der Waals surface area contributed by atoms with Crippen molar-refractivity contribution in [3.05, 3.63) is 35.9 Å². The largest absolute Gasteiger partial charge is 0.287 e. The van der Waals surface area contributed by atoms with Gasteiger partial charge in [-0.2, -0.15) is 0 Å². The van der Waals surface area contributed by atoms with Crippen LogP contribution in [0.4, 0.5) is 0 Å². The number of hydrazine groups is 1. The van der Waals surface area contributed by atoms with Crippen LogP contribution < -0.4 is 10.9 Å². The van der Waals surface area contributed by atoms with Crippen LogP contribution in [-0.2, 0) is 0 Å². The summed E-state index contributed by atoms with van der Waals surface area (Å²) < 4.78 is 0. The standard InChI is InChI=1S/C9H12N2O.C2H6/c1-2-10-11-9(12)8-6-4-3-5-7-8;1-2/h3-7,10H,2H2,1H3,(H,11,12);1-2H3. The Balaban J connectivity index is 0.000000791. The van der Waals surface area contributed by atoms with E-state index in [2.05, 4.69) is 10.9 Å². The van der Waals surface area contributed by atoms with E-state index in [9.17, 15) is 4.79 Å². The van der Waals surface area contributed by atoms with Crippen LogP contribution in [0.3, 0.4) is 0 Å². The van der Waals surface area contributed by atoms with Crippen molar-refractivity contribution in [2.75, 3.05) is 6.54 Å². The molecule has 1 amide bonds. The van der Waals surface area contributed by atoms with Crippen LogP contribution in [0.5, 0.6) is 0 Å². The Hall–Kier alpha value is -1.35. The molecule has 78 valence electrons. The number of hydrogen-bond donors (Lipinski definition) is 2. The van der Waals surface area contributed by atoms with E-state index < -0.39 is 0 Å². The van der Waals surface area contributed by atoms with Crippen molar-refractivity contribution < 1.29 is 4.79 Å². The first-order valence-corrected chi connectivity index (χ1v) is 4.93. The predicted octanol–water partition coefficient (Wildman–Crippen LogP) is 1.97. The van der Waals surface area contributed by atoms with E-state index in [4.69, 9.17) is 0 Å². The van der Waals surface area contributed by atoms with Crippen LogP contribution in [0.1, 0.15) is 31.1 Å². The molecule has 1 aromatic rings. The Bertz CT molecular complexity index is 247. The fourth-order valence-electron chi connectivity index (χ4n) is 0.830. The van der Waals surface area contributed by atoms with Crippen LogP contribution >= 0.6 is 0 Å². The Labute approximate surface area is 85.5 Å². The summed E-state index contributed by atoms with van der Waals surface area (Å²) in [6.45, 7) is 6.64. The van der Waals surface area contributed by atoms with Crippen molar-refractivity contribution in [1.29, 1.82) is 0 Å². The summed E-state index contributed by atoms with van der Waals surface area (Å²) in [5.74, 6) is -0.0996. The molecule has 3 heteroatoms. The van der Waals surface area contributed by atoms with Gasteiger partial charge in [0.15, 0.2) is 0 Å². The molecule has 3 nitrogen and oxygen atoms in total. The average Bonchev–Trinajstić information content (AvgIpc) is 2.30. The van der Waals surface area contributed by atoms with Gasteiger partial charge in [0.05, 0.1) is 0 Å². The van der Waals surface area contributed by atoms with Gasteiger partial charge in [0, 0.05) is 12.1 Å². The Kier molecular flexibility index (Phi) is 7.46. The highest BCUT2D eigenvalue weighted by Crippen LogP contribution is 1.96. The fourth-order valence-corrected chi connectivity index (χ4v) is 0.830. The summed E-state index contributed by atoms with van der Waals surface area (Å²) in [5.41, 5.74) is 5.97. The van der Waals surface area contributed by atoms with Gasteiger partial charge in [-0.25, -0.2) is 5.43 Å². The van der Waals surface area contributed by atoms with Gasteiger partial charge in [-0.3, -0.25) is 10.2 Å². The molecule has 1 rings (SSSR count). The van der Waals surface area contributed by atoms with Crippen molar-refractivity contribution in [3.8, 4) is 0 Å². The molecule has 0 bridgehead atoms. The second kappa shape index (κ2) is 8.26. The molecule has 14 heavy (non-hydrogen) atoms. The first kappa shape index (κ1) is 12.7. The van der Waals surface area contributed by atoms with Gasteiger partial charge in [-0.15, -0.1) is 0 Å². The first-order valence-electron chi connectivity index (χ1n) is 4.93.